The molecule has 0 atom stereocenters. The molecule has 0 heterocycles. The van der Waals surface area contributed by atoms with Gasteiger partial charge in [0, 0.05) is 10.9 Å². The normalized spacial score (nSPS) is 10.6. The molecule has 0 aromatic heterocycles. The summed E-state index contributed by atoms with van der Waals surface area (Å²) in [4.78, 5) is 0. The smallest absolute Gasteiger partial charge is 0.206 e. The maximum absolute atomic E-state index is 12.9. The zero-order valence-electron chi connectivity index (χ0n) is 6.62. The molecule has 5 heteroatoms. The zero-order valence-corrected chi connectivity index (χ0v) is 7.38. The summed E-state index contributed by atoms with van der Waals surface area (Å²) in [5.41, 5.74) is -0.327. The van der Waals surface area contributed by atoms with Gasteiger partial charge in [-0.15, -0.1) is 0 Å². The monoisotopic (exact) mass is 222 g/mol. The van der Waals surface area contributed by atoms with Gasteiger partial charge < -0.3 is 0 Å². The number of benzene rings is 1. The number of rotatable bonds is 0. The highest BCUT2D eigenvalue weighted by Gasteiger charge is 2.23. The van der Waals surface area contributed by atoms with E-state index in [2.05, 4.69) is 0 Å². The Labute approximate surface area is 82.5 Å². The van der Waals surface area contributed by atoms with Gasteiger partial charge >= 0.3 is 6.18 Å². The van der Waals surface area contributed by atoms with Crippen LogP contribution in [0.3, 0.4) is 0 Å². The molecule has 1 rings (SSSR count). The molecule has 1 aromatic rings. The van der Waals surface area contributed by atoms with Gasteiger partial charge in [0.2, 0.25) is 0 Å². The molecule has 0 aliphatic carbocycles. The molecule has 0 spiro atoms. The van der Waals surface area contributed by atoms with Crippen molar-refractivity contribution in [2.75, 3.05) is 0 Å². The lowest BCUT2D eigenvalue weighted by molar-refractivity contribution is -0.0696. The fourth-order valence-electron chi connectivity index (χ4n) is 0.729. The average Bonchev–Trinajstić information content (AvgIpc) is 2.00. The molecule has 0 amide bonds. The lowest BCUT2D eigenvalue weighted by Crippen LogP contribution is -2.01. The second-order valence-electron chi connectivity index (χ2n) is 2.37. The van der Waals surface area contributed by atoms with Gasteiger partial charge in [0.15, 0.2) is 0 Å². The summed E-state index contributed by atoms with van der Waals surface area (Å²) in [7, 11) is 0. The standard InChI is InChI=1S/C9H3ClF4/c10-7-2-1-6(8(11)5-7)3-4-9(12,13)14/h1-2,5H. The first kappa shape index (κ1) is 10.9. The van der Waals surface area contributed by atoms with E-state index < -0.39 is 12.0 Å². The van der Waals surface area contributed by atoms with E-state index in [0.717, 1.165) is 18.1 Å². The molecule has 1 aromatic carbocycles. The van der Waals surface area contributed by atoms with E-state index in [-0.39, 0.29) is 10.6 Å². The molecular formula is C9H3ClF4. The van der Waals surface area contributed by atoms with Crippen LogP contribution < -0.4 is 0 Å². The average molecular weight is 223 g/mol. The van der Waals surface area contributed by atoms with E-state index in [1.165, 1.54) is 6.07 Å². The Kier molecular flexibility index (Phi) is 3.02. The van der Waals surface area contributed by atoms with Crippen LogP contribution in [-0.2, 0) is 0 Å². The van der Waals surface area contributed by atoms with Gasteiger partial charge in [-0.2, -0.15) is 13.2 Å². The molecule has 14 heavy (non-hydrogen) atoms. The molecule has 0 aliphatic heterocycles. The molecule has 0 saturated carbocycles. The van der Waals surface area contributed by atoms with Crippen LogP contribution in [0.25, 0.3) is 0 Å². The van der Waals surface area contributed by atoms with Crippen LogP contribution in [0.15, 0.2) is 18.2 Å². The largest absolute Gasteiger partial charge is 0.458 e. The quantitative estimate of drug-likeness (QED) is 0.466. The SMILES string of the molecule is Fc1cc(Cl)ccc1C#CC(F)(F)F. The molecule has 0 fully saturated rings. The van der Waals surface area contributed by atoms with E-state index in [4.69, 9.17) is 11.6 Å². The number of hydrogen-bond donors (Lipinski definition) is 0. The van der Waals surface area contributed by atoms with Crippen molar-refractivity contribution >= 4 is 11.6 Å². The van der Waals surface area contributed by atoms with E-state index in [0.29, 0.717) is 0 Å². The van der Waals surface area contributed by atoms with Crippen molar-refractivity contribution in [2.45, 2.75) is 6.18 Å². The van der Waals surface area contributed by atoms with Crippen LogP contribution in [0.2, 0.25) is 5.02 Å². The van der Waals surface area contributed by atoms with Crippen molar-refractivity contribution in [2.24, 2.45) is 0 Å². The van der Waals surface area contributed by atoms with Crippen LogP contribution in [0, 0.1) is 17.7 Å². The summed E-state index contributed by atoms with van der Waals surface area (Å²) in [5, 5.41) is 0.111. The second kappa shape index (κ2) is 3.89. The summed E-state index contributed by atoms with van der Waals surface area (Å²) in [5.74, 6) is 1.77. The van der Waals surface area contributed by atoms with E-state index >= 15 is 0 Å². The van der Waals surface area contributed by atoms with Crippen LogP contribution in [0.5, 0.6) is 0 Å². The Bertz CT molecular complexity index is 397. The highest BCUT2D eigenvalue weighted by molar-refractivity contribution is 6.30. The third-order valence-corrected chi connectivity index (χ3v) is 1.51. The third kappa shape index (κ3) is 3.27. The number of alkyl halides is 3. The van der Waals surface area contributed by atoms with Crippen molar-refractivity contribution in [1.29, 1.82) is 0 Å². The summed E-state index contributed by atoms with van der Waals surface area (Å²) in [6, 6.07) is 3.27. The van der Waals surface area contributed by atoms with Gasteiger partial charge in [-0.3, -0.25) is 0 Å². The Balaban J connectivity index is 3.02. The Morgan fingerprint density at radius 2 is 1.86 bits per heavy atom. The molecule has 0 unspecified atom stereocenters. The van der Waals surface area contributed by atoms with Crippen LogP contribution in [0.1, 0.15) is 5.56 Å². The fraction of sp³-hybridized carbons (Fsp3) is 0.111. The summed E-state index contributed by atoms with van der Waals surface area (Å²) in [6.07, 6.45) is -4.62. The molecule has 0 aliphatic rings. The molecule has 0 saturated heterocycles. The summed E-state index contributed by atoms with van der Waals surface area (Å²) >= 11 is 5.40. The van der Waals surface area contributed by atoms with Gasteiger partial charge in [-0.25, -0.2) is 4.39 Å². The maximum Gasteiger partial charge on any atom is 0.458 e. The first-order valence-electron chi connectivity index (χ1n) is 3.43. The van der Waals surface area contributed by atoms with Crippen LogP contribution in [-0.4, -0.2) is 6.18 Å². The predicted octanol–water partition coefficient (Wildman–Crippen LogP) is 3.39. The third-order valence-electron chi connectivity index (χ3n) is 1.27. The van der Waals surface area contributed by atoms with Gasteiger partial charge in [-0.1, -0.05) is 17.5 Å². The Hall–Kier alpha value is -1.21. The van der Waals surface area contributed by atoms with E-state index in [1.54, 1.807) is 5.92 Å². The minimum atomic E-state index is -4.62. The van der Waals surface area contributed by atoms with Gasteiger partial charge in [0.05, 0.1) is 5.56 Å². The Morgan fingerprint density at radius 1 is 1.21 bits per heavy atom. The number of halogens is 5. The maximum atomic E-state index is 12.9. The highest BCUT2D eigenvalue weighted by atomic mass is 35.5. The van der Waals surface area contributed by atoms with Gasteiger partial charge in [0.1, 0.15) is 5.82 Å². The van der Waals surface area contributed by atoms with Crippen molar-refractivity contribution in [1.82, 2.24) is 0 Å². The molecule has 74 valence electrons. The number of hydrogen-bond acceptors (Lipinski definition) is 0. The summed E-state index contributed by atoms with van der Waals surface area (Å²) < 4.78 is 47.8. The lowest BCUT2D eigenvalue weighted by atomic mass is 10.2. The summed E-state index contributed by atoms with van der Waals surface area (Å²) in [6.45, 7) is 0. The predicted molar refractivity (Wildman–Crippen MR) is 44.3 cm³/mol. The first-order chi connectivity index (χ1) is 6.38. The first-order valence-corrected chi connectivity index (χ1v) is 3.81. The van der Waals surface area contributed by atoms with Crippen molar-refractivity contribution in [3.63, 3.8) is 0 Å². The molecule has 0 N–H and O–H groups in total. The van der Waals surface area contributed by atoms with Gasteiger partial charge in [-0.05, 0) is 18.2 Å². The van der Waals surface area contributed by atoms with E-state index in [1.807, 2.05) is 0 Å². The topological polar surface area (TPSA) is 0 Å². The highest BCUT2D eigenvalue weighted by Crippen LogP contribution is 2.16. The van der Waals surface area contributed by atoms with Crippen molar-refractivity contribution < 1.29 is 17.6 Å². The fourth-order valence-corrected chi connectivity index (χ4v) is 0.888. The second-order valence-corrected chi connectivity index (χ2v) is 2.81. The molecule has 0 nitrogen and oxygen atoms in total. The van der Waals surface area contributed by atoms with Crippen molar-refractivity contribution in [3.8, 4) is 11.8 Å². The molecular weight excluding hydrogens is 220 g/mol. The minimum Gasteiger partial charge on any atom is -0.206 e. The van der Waals surface area contributed by atoms with Crippen LogP contribution in [0.4, 0.5) is 17.6 Å². The Morgan fingerprint density at radius 3 is 2.36 bits per heavy atom. The van der Waals surface area contributed by atoms with Crippen LogP contribution >= 0.6 is 11.6 Å². The molecule has 0 radical (unpaired) electrons. The molecule has 0 bridgehead atoms. The minimum absolute atomic E-state index is 0.111. The lowest BCUT2D eigenvalue weighted by Gasteiger charge is -1.95. The zero-order chi connectivity index (χ0) is 10.8. The van der Waals surface area contributed by atoms with E-state index in [9.17, 15) is 17.6 Å². The van der Waals surface area contributed by atoms with Gasteiger partial charge in [0.25, 0.3) is 0 Å². The van der Waals surface area contributed by atoms with Crippen molar-refractivity contribution in [3.05, 3.63) is 34.6 Å².